The van der Waals surface area contributed by atoms with Crippen molar-refractivity contribution in [2.75, 3.05) is 11.4 Å². The second kappa shape index (κ2) is 4.37. The molecule has 1 aromatic rings. The lowest BCUT2D eigenvalue weighted by molar-refractivity contribution is 0.0696. The lowest BCUT2D eigenvalue weighted by Gasteiger charge is -2.35. The number of carboxylic acid groups (broad SMARTS) is 1. The Balaban J connectivity index is 2.09. The van der Waals surface area contributed by atoms with Crippen molar-refractivity contribution in [2.24, 2.45) is 5.73 Å². The number of primary amides is 1. The maximum Gasteiger partial charge on any atom is 0.335 e. The van der Waals surface area contributed by atoms with Crippen LogP contribution in [0.4, 0.5) is 15.3 Å². The minimum absolute atomic E-state index is 0.0379. The Bertz CT molecular complexity index is 659. The monoisotopic (exact) mass is 291 g/mol. The molecule has 2 aliphatic rings. The summed E-state index contributed by atoms with van der Waals surface area (Å²) in [6, 6.07) is 2.48. The van der Waals surface area contributed by atoms with Crippen molar-refractivity contribution in [3.8, 4) is 5.75 Å². The maximum absolute atomic E-state index is 12.3. The lowest BCUT2D eigenvalue weighted by Crippen LogP contribution is -2.47. The second-order valence-corrected chi connectivity index (χ2v) is 4.98. The molecule has 2 heterocycles. The van der Waals surface area contributed by atoms with E-state index in [4.69, 9.17) is 15.6 Å². The highest BCUT2D eigenvalue weighted by Crippen LogP contribution is 2.40. The van der Waals surface area contributed by atoms with Crippen molar-refractivity contribution >= 4 is 23.7 Å². The number of anilines is 1. The summed E-state index contributed by atoms with van der Waals surface area (Å²) >= 11 is 0. The molecule has 110 valence electrons. The molecule has 2 unspecified atom stereocenters. The molecule has 0 radical (unpaired) electrons. The van der Waals surface area contributed by atoms with E-state index < -0.39 is 18.0 Å². The minimum Gasteiger partial charge on any atom is -0.486 e. The number of amides is 4. The molecule has 8 heteroatoms. The normalized spacial score (nSPS) is 23.4. The quantitative estimate of drug-likeness (QED) is 0.796. The molecular formula is C13H13N3O5. The zero-order valence-electron chi connectivity index (χ0n) is 11.1. The van der Waals surface area contributed by atoms with E-state index in [1.165, 1.54) is 23.1 Å². The summed E-state index contributed by atoms with van der Waals surface area (Å²) in [7, 11) is 0. The summed E-state index contributed by atoms with van der Waals surface area (Å²) in [6.07, 6.45) is -0.332. The van der Waals surface area contributed by atoms with Crippen LogP contribution < -0.4 is 15.4 Å². The number of fused-ring (bicyclic) bond motifs is 3. The lowest BCUT2D eigenvalue weighted by atomic mass is 10.1. The molecule has 0 saturated carbocycles. The van der Waals surface area contributed by atoms with Crippen molar-refractivity contribution < 1.29 is 24.2 Å². The van der Waals surface area contributed by atoms with Gasteiger partial charge in [0.05, 0.1) is 23.8 Å². The van der Waals surface area contributed by atoms with Crippen LogP contribution in [0.2, 0.25) is 0 Å². The van der Waals surface area contributed by atoms with Gasteiger partial charge in [0.2, 0.25) is 0 Å². The first-order valence-corrected chi connectivity index (χ1v) is 6.34. The summed E-state index contributed by atoms with van der Waals surface area (Å²) in [5.41, 5.74) is 5.57. The molecule has 3 rings (SSSR count). The van der Waals surface area contributed by atoms with E-state index in [0.29, 0.717) is 11.4 Å². The topological polar surface area (TPSA) is 113 Å². The molecule has 0 aromatic heterocycles. The van der Waals surface area contributed by atoms with Crippen LogP contribution in [-0.2, 0) is 0 Å². The minimum atomic E-state index is -1.11. The number of nitrogens with zero attached hydrogens (tertiary/aromatic N) is 2. The summed E-state index contributed by atoms with van der Waals surface area (Å²) in [4.78, 5) is 37.0. The van der Waals surface area contributed by atoms with Crippen LogP contribution >= 0.6 is 0 Å². The summed E-state index contributed by atoms with van der Waals surface area (Å²) in [5.74, 6) is -0.699. The number of ether oxygens (including phenoxy) is 1. The Morgan fingerprint density at radius 3 is 2.76 bits per heavy atom. The van der Waals surface area contributed by atoms with Crippen molar-refractivity contribution in [3.63, 3.8) is 0 Å². The molecule has 21 heavy (non-hydrogen) atoms. The number of urea groups is 2. The van der Waals surface area contributed by atoms with Gasteiger partial charge in [-0.25, -0.2) is 19.3 Å². The van der Waals surface area contributed by atoms with E-state index in [1.54, 1.807) is 6.92 Å². The number of imide groups is 1. The van der Waals surface area contributed by atoms with Crippen LogP contribution in [-0.4, -0.2) is 46.7 Å². The third-order valence-corrected chi connectivity index (χ3v) is 3.72. The Hall–Kier alpha value is -2.77. The Labute approximate surface area is 119 Å². The van der Waals surface area contributed by atoms with Gasteiger partial charge in [-0.15, -0.1) is 0 Å². The first-order valence-electron chi connectivity index (χ1n) is 6.34. The largest absolute Gasteiger partial charge is 0.486 e. The summed E-state index contributed by atoms with van der Waals surface area (Å²) in [5, 5.41) is 9.06. The Morgan fingerprint density at radius 2 is 2.14 bits per heavy atom. The zero-order valence-corrected chi connectivity index (χ0v) is 11.1. The number of hydrogen-bond acceptors (Lipinski definition) is 4. The fraction of sp³-hybridized carbons (Fsp3) is 0.308. The fourth-order valence-electron chi connectivity index (χ4n) is 2.66. The number of carbonyl (C=O) groups is 3. The molecule has 1 saturated heterocycles. The van der Waals surface area contributed by atoms with Gasteiger partial charge in [0.1, 0.15) is 11.9 Å². The van der Waals surface area contributed by atoms with Crippen molar-refractivity contribution in [3.05, 3.63) is 23.8 Å². The van der Waals surface area contributed by atoms with E-state index in [0.717, 1.165) is 4.90 Å². The molecule has 0 bridgehead atoms. The molecule has 0 aliphatic carbocycles. The molecule has 3 N–H and O–H groups in total. The fourth-order valence-corrected chi connectivity index (χ4v) is 2.66. The van der Waals surface area contributed by atoms with Gasteiger partial charge in [0.15, 0.2) is 0 Å². The number of carbonyl (C=O) groups excluding carboxylic acids is 2. The molecule has 4 amide bonds. The van der Waals surface area contributed by atoms with Crippen molar-refractivity contribution in [1.29, 1.82) is 0 Å². The Kier molecular flexibility index (Phi) is 2.75. The highest BCUT2D eigenvalue weighted by Gasteiger charge is 2.47. The smallest absolute Gasteiger partial charge is 0.335 e. The molecule has 2 aliphatic heterocycles. The van der Waals surface area contributed by atoms with Gasteiger partial charge >= 0.3 is 18.0 Å². The zero-order chi connectivity index (χ0) is 15.3. The average molecular weight is 291 g/mol. The van der Waals surface area contributed by atoms with E-state index in [-0.39, 0.29) is 24.3 Å². The molecule has 0 spiro atoms. The predicted molar refractivity (Wildman–Crippen MR) is 71.4 cm³/mol. The molecule has 8 nitrogen and oxygen atoms in total. The highest BCUT2D eigenvalue weighted by molar-refractivity contribution is 6.06. The van der Waals surface area contributed by atoms with Gasteiger partial charge in [0, 0.05) is 0 Å². The van der Waals surface area contributed by atoms with Crippen LogP contribution in [0.3, 0.4) is 0 Å². The van der Waals surface area contributed by atoms with Gasteiger partial charge in [-0.3, -0.25) is 4.90 Å². The molecule has 1 aromatic carbocycles. The Morgan fingerprint density at radius 1 is 1.43 bits per heavy atom. The highest BCUT2D eigenvalue weighted by atomic mass is 16.5. The van der Waals surface area contributed by atoms with E-state index in [2.05, 4.69) is 0 Å². The van der Waals surface area contributed by atoms with E-state index >= 15 is 0 Å². The van der Waals surface area contributed by atoms with Crippen molar-refractivity contribution in [1.82, 2.24) is 4.90 Å². The van der Waals surface area contributed by atoms with Gasteiger partial charge in [-0.2, -0.15) is 0 Å². The van der Waals surface area contributed by atoms with Crippen LogP contribution in [0, 0.1) is 0 Å². The third-order valence-electron chi connectivity index (χ3n) is 3.72. The van der Waals surface area contributed by atoms with Crippen LogP contribution in [0.15, 0.2) is 18.2 Å². The maximum atomic E-state index is 12.3. The first-order chi connectivity index (χ1) is 9.90. The molecular weight excluding hydrogens is 278 g/mol. The van der Waals surface area contributed by atoms with Crippen LogP contribution in [0.5, 0.6) is 5.75 Å². The SMILES string of the molecule is CC1Oc2ccc(C(=O)O)cc2N2C(=O)N(C(N)=O)CC12. The number of hydrogen-bond donors (Lipinski definition) is 2. The number of benzene rings is 1. The number of carboxylic acids is 1. The third kappa shape index (κ3) is 1.87. The van der Waals surface area contributed by atoms with Crippen LogP contribution in [0.1, 0.15) is 17.3 Å². The summed E-state index contributed by atoms with van der Waals surface area (Å²) in [6.45, 7) is 1.90. The predicted octanol–water partition coefficient (Wildman–Crippen LogP) is 0.855. The number of rotatable bonds is 1. The standard InChI is InChI=1S/C13H13N3O5/c1-6-9-5-15(12(14)19)13(20)16(9)8-4-7(11(17)18)2-3-10(8)21-6/h2-4,6,9H,5H2,1H3,(H2,14,19)(H,17,18). The van der Waals surface area contributed by atoms with E-state index in [9.17, 15) is 14.4 Å². The van der Waals surface area contributed by atoms with Gasteiger partial charge in [0.25, 0.3) is 0 Å². The second-order valence-electron chi connectivity index (χ2n) is 4.98. The molecule has 2 atom stereocenters. The number of aromatic carboxylic acids is 1. The van der Waals surface area contributed by atoms with Gasteiger partial charge in [-0.05, 0) is 25.1 Å². The van der Waals surface area contributed by atoms with Crippen LogP contribution in [0.25, 0.3) is 0 Å². The van der Waals surface area contributed by atoms with Crippen molar-refractivity contribution in [2.45, 2.75) is 19.1 Å². The average Bonchev–Trinajstić information content (AvgIpc) is 2.77. The summed E-state index contributed by atoms with van der Waals surface area (Å²) < 4.78 is 5.69. The van der Waals surface area contributed by atoms with Gasteiger partial charge in [-0.1, -0.05) is 0 Å². The number of nitrogens with two attached hydrogens (primary N) is 1. The molecule has 1 fully saturated rings. The first kappa shape index (κ1) is 13.2. The van der Waals surface area contributed by atoms with Gasteiger partial charge < -0.3 is 15.6 Å². The van der Waals surface area contributed by atoms with E-state index in [1.807, 2.05) is 0 Å².